The first-order valence-corrected chi connectivity index (χ1v) is 5.96. The number of rotatable bonds is 4. The van der Waals surface area contributed by atoms with E-state index in [2.05, 4.69) is 31.0 Å². The van der Waals surface area contributed by atoms with Crippen molar-refractivity contribution in [2.45, 2.75) is 40.0 Å². The SMILES string of the molecule is CC(C)(C)CCCCN1CCNC(=O)C1. The zero-order valence-corrected chi connectivity index (χ0v) is 10.3. The highest BCUT2D eigenvalue weighted by Gasteiger charge is 2.15. The van der Waals surface area contributed by atoms with Crippen LogP contribution in [0.25, 0.3) is 0 Å². The van der Waals surface area contributed by atoms with Crippen molar-refractivity contribution in [3.05, 3.63) is 0 Å². The van der Waals surface area contributed by atoms with Crippen molar-refractivity contribution in [3.63, 3.8) is 0 Å². The van der Waals surface area contributed by atoms with E-state index in [0.717, 1.165) is 19.6 Å². The molecule has 0 saturated carbocycles. The Labute approximate surface area is 93.2 Å². The number of nitrogens with one attached hydrogen (secondary N) is 1. The van der Waals surface area contributed by atoms with Gasteiger partial charge in [-0.05, 0) is 24.8 Å². The summed E-state index contributed by atoms with van der Waals surface area (Å²) in [5.41, 5.74) is 0.444. The molecule has 1 N–H and O–H groups in total. The molecular weight excluding hydrogens is 188 g/mol. The number of unbranched alkanes of at least 4 members (excludes halogenated alkanes) is 1. The van der Waals surface area contributed by atoms with E-state index < -0.39 is 0 Å². The fourth-order valence-corrected chi connectivity index (χ4v) is 1.87. The van der Waals surface area contributed by atoms with Crippen molar-refractivity contribution in [2.24, 2.45) is 5.41 Å². The molecule has 15 heavy (non-hydrogen) atoms. The van der Waals surface area contributed by atoms with E-state index in [-0.39, 0.29) is 5.91 Å². The van der Waals surface area contributed by atoms with Gasteiger partial charge in [0.1, 0.15) is 0 Å². The monoisotopic (exact) mass is 212 g/mol. The lowest BCUT2D eigenvalue weighted by Crippen LogP contribution is -2.47. The summed E-state index contributed by atoms with van der Waals surface area (Å²) in [6.07, 6.45) is 3.75. The summed E-state index contributed by atoms with van der Waals surface area (Å²) in [6.45, 7) is 10.3. The summed E-state index contributed by atoms with van der Waals surface area (Å²) in [7, 11) is 0. The Balaban J connectivity index is 2.07. The normalized spacial score (nSPS) is 19.0. The maximum absolute atomic E-state index is 11.1. The molecule has 1 saturated heterocycles. The highest BCUT2D eigenvalue weighted by atomic mass is 16.2. The van der Waals surface area contributed by atoms with Gasteiger partial charge in [-0.1, -0.05) is 27.2 Å². The maximum Gasteiger partial charge on any atom is 0.234 e. The highest BCUT2D eigenvalue weighted by Crippen LogP contribution is 2.21. The molecule has 88 valence electrons. The largest absolute Gasteiger partial charge is 0.354 e. The molecule has 0 radical (unpaired) electrons. The quantitative estimate of drug-likeness (QED) is 0.718. The highest BCUT2D eigenvalue weighted by molar-refractivity contribution is 5.78. The molecule has 0 aromatic heterocycles. The second kappa shape index (κ2) is 5.50. The van der Waals surface area contributed by atoms with Crippen LogP contribution >= 0.6 is 0 Å². The van der Waals surface area contributed by atoms with Crippen LogP contribution in [-0.2, 0) is 4.79 Å². The average molecular weight is 212 g/mol. The minimum atomic E-state index is 0.178. The number of amides is 1. The van der Waals surface area contributed by atoms with Crippen molar-refractivity contribution in [1.29, 1.82) is 0 Å². The van der Waals surface area contributed by atoms with E-state index in [4.69, 9.17) is 0 Å². The summed E-state index contributed by atoms with van der Waals surface area (Å²) in [5, 5.41) is 2.85. The molecule has 1 rings (SSSR count). The van der Waals surface area contributed by atoms with Crippen molar-refractivity contribution in [1.82, 2.24) is 10.2 Å². The van der Waals surface area contributed by atoms with Gasteiger partial charge < -0.3 is 5.32 Å². The molecule has 1 amide bonds. The molecule has 0 aliphatic carbocycles. The van der Waals surface area contributed by atoms with Crippen LogP contribution in [0, 0.1) is 5.41 Å². The van der Waals surface area contributed by atoms with E-state index in [1.165, 1.54) is 19.3 Å². The first kappa shape index (κ1) is 12.5. The third kappa shape index (κ3) is 5.78. The van der Waals surface area contributed by atoms with Gasteiger partial charge >= 0.3 is 0 Å². The molecule has 0 aromatic rings. The van der Waals surface area contributed by atoms with Crippen molar-refractivity contribution in [2.75, 3.05) is 26.2 Å². The van der Waals surface area contributed by atoms with Crippen LogP contribution in [0.15, 0.2) is 0 Å². The zero-order valence-electron chi connectivity index (χ0n) is 10.3. The Morgan fingerprint density at radius 1 is 1.33 bits per heavy atom. The van der Waals surface area contributed by atoms with E-state index in [1.807, 2.05) is 0 Å². The molecule has 3 nitrogen and oxygen atoms in total. The van der Waals surface area contributed by atoms with Crippen molar-refractivity contribution in [3.8, 4) is 0 Å². The second-order valence-corrected chi connectivity index (χ2v) is 5.64. The van der Waals surface area contributed by atoms with E-state index in [0.29, 0.717) is 12.0 Å². The lowest BCUT2D eigenvalue weighted by molar-refractivity contribution is -0.124. The number of nitrogens with zero attached hydrogens (tertiary/aromatic N) is 1. The zero-order chi connectivity index (χ0) is 11.3. The first-order valence-electron chi connectivity index (χ1n) is 5.96. The third-order valence-electron chi connectivity index (χ3n) is 2.77. The van der Waals surface area contributed by atoms with Gasteiger partial charge in [0, 0.05) is 13.1 Å². The molecule has 0 aromatic carbocycles. The standard InChI is InChI=1S/C12H24N2O/c1-12(2,3)6-4-5-8-14-9-7-13-11(15)10-14/h4-10H2,1-3H3,(H,13,15). The third-order valence-corrected chi connectivity index (χ3v) is 2.77. The minimum Gasteiger partial charge on any atom is -0.354 e. The summed E-state index contributed by atoms with van der Waals surface area (Å²) >= 11 is 0. The van der Waals surface area contributed by atoms with Crippen LogP contribution in [0.5, 0.6) is 0 Å². The molecule has 1 heterocycles. The number of hydrogen-bond acceptors (Lipinski definition) is 2. The van der Waals surface area contributed by atoms with E-state index in [1.54, 1.807) is 0 Å². The molecule has 0 bridgehead atoms. The first-order chi connectivity index (χ1) is 6.97. The van der Waals surface area contributed by atoms with Gasteiger partial charge in [0.25, 0.3) is 0 Å². The van der Waals surface area contributed by atoms with Crippen molar-refractivity contribution >= 4 is 5.91 Å². The Bertz CT molecular complexity index is 208. The number of carbonyl (C=O) groups excluding carboxylic acids is 1. The topological polar surface area (TPSA) is 32.3 Å². The molecule has 3 heteroatoms. The van der Waals surface area contributed by atoms with Crippen molar-refractivity contribution < 1.29 is 4.79 Å². The smallest absolute Gasteiger partial charge is 0.234 e. The van der Waals surface area contributed by atoms with Gasteiger partial charge in [-0.15, -0.1) is 0 Å². The average Bonchev–Trinajstić information content (AvgIpc) is 2.11. The van der Waals surface area contributed by atoms with Crippen LogP contribution in [-0.4, -0.2) is 37.0 Å². The molecule has 0 spiro atoms. The molecular formula is C12H24N2O. The summed E-state index contributed by atoms with van der Waals surface area (Å²) in [4.78, 5) is 13.4. The van der Waals surface area contributed by atoms with Gasteiger partial charge in [0.15, 0.2) is 0 Å². The maximum atomic E-state index is 11.1. The van der Waals surface area contributed by atoms with Crippen LogP contribution < -0.4 is 5.32 Å². The predicted octanol–water partition coefficient (Wildman–Crippen LogP) is 1.63. The number of carbonyl (C=O) groups is 1. The molecule has 1 aliphatic rings. The van der Waals surface area contributed by atoms with Gasteiger partial charge in [-0.25, -0.2) is 0 Å². The minimum absolute atomic E-state index is 0.178. The van der Waals surface area contributed by atoms with E-state index >= 15 is 0 Å². The lowest BCUT2D eigenvalue weighted by Gasteiger charge is -2.26. The summed E-state index contributed by atoms with van der Waals surface area (Å²) in [6, 6.07) is 0. The Kier molecular flexibility index (Phi) is 4.58. The fraction of sp³-hybridized carbons (Fsp3) is 0.917. The Hall–Kier alpha value is -0.570. The van der Waals surface area contributed by atoms with Gasteiger partial charge in [0.2, 0.25) is 5.91 Å². The molecule has 0 atom stereocenters. The Morgan fingerprint density at radius 3 is 2.67 bits per heavy atom. The van der Waals surface area contributed by atoms with Gasteiger partial charge in [-0.3, -0.25) is 9.69 Å². The molecule has 0 unspecified atom stereocenters. The summed E-state index contributed by atoms with van der Waals surface area (Å²) in [5.74, 6) is 0.178. The van der Waals surface area contributed by atoms with Gasteiger partial charge in [0.05, 0.1) is 6.54 Å². The molecule has 1 fully saturated rings. The molecule has 1 aliphatic heterocycles. The van der Waals surface area contributed by atoms with Crippen LogP contribution in [0.2, 0.25) is 0 Å². The Morgan fingerprint density at radius 2 is 2.07 bits per heavy atom. The van der Waals surface area contributed by atoms with Crippen LogP contribution in [0.1, 0.15) is 40.0 Å². The predicted molar refractivity (Wildman–Crippen MR) is 62.8 cm³/mol. The second-order valence-electron chi connectivity index (χ2n) is 5.64. The van der Waals surface area contributed by atoms with Gasteiger partial charge in [-0.2, -0.15) is 0 Å². The van der Waals surface area contributed by atoms with Crippen LogP contribution in [0.4, 0.5) is 0 Å². The van der Waals surface area contributed by atoms with Crippen LogP contribution in [0.3, 0.4) is 0 Å². The number of piperazine rings is 1. The summed E-state index contributed by atoms with van der Waals surface area (Å²) < 4.78 is 0. The number of hydrogen-bond donors (Lipinski definition) is 1. The van der Waals surface area contributed by atoms with E-state index in [9.17, 15) is 4.79 Å². The fourth-order valence-electron chi connectivity index (χ4n) is 1.87. The lowest BCUT2D eigenvalue weighted by atomic mass is 9.90.